The highest BCUT2D eigenvalue weighted by Crippen LogP contribution is 2.24. The molecule has 0 aromatic carbocycles. The number of carbonyl (C=O) groups is 1. The van der Waals surface area contributed by atoms with E-state index in [0.717, 1.165) is 30.5 Å². The molecule has 1 rings (SSSR count). The zero-order valence-corrected chi connectivity index (χ0v) is 9.98. The number of aryl methyl sites for hydroxylation is 1. The minimum atomic E-state index is -0.163. The van der Waals surface area contributed by atoms with Crippen molar-refractivity contribution in [2.45, 2.75) is 40.0 Å². The van der Waals surface area contributed by atoms with Crippen LogP contribution in [0.15, 0.2) is 0 Å². The van der Waals surface area contributed by atoms with Gasteiger partial charge in [-0.2, -0.15) is 5.26 Å². The Balaban J connectivity index is 3.19. The van der Waals surface area contributed by atoms with Gasteiger partial charge in [0.1, 0.15) is 11.9 Å². The number of nitrogens with one attached hydrogen (secondary N) is 2. The predicted octanol–water partition coefficient (Wildman–Crippen LogP) is 2.36. The zero-order chi connectivity index (χ0) is 12.1. The fourth-order valence-electron chi connectivity index (χ4n) is 1.81. The van der Waals surface area contributed by atoms with Crippen molar-refractivity contribution >= 4 is 11.7 Å². The minimum absolute atomic E-state index is 0.163. The molecule has 0 bridgehead atoms. The maximum atomic E-state index is 11.0. The number of aromatic amines is 1. The maximum Gasteiger partial charge on any atom is 0.222 e. The molecule has 1 amide bonds. The first kappa shape index (κ1) is 12.3. The van der Waals surface area contributed by atoms with Crippen molar-refractivity contribution in [1.29, 1.82) is 5.26 Å². The Morgan fingerprint density at radius 1 is 1.50 bits per heavy atom. The van der Waals surface area contributed by atoms with Crippen molar-refractivity contribution in [3.05, 3.63) is 16.8 Å². The van der Waals surface area contributed by atoms with E-state index in [2.05, 4.69) is 23.3 Å². The Labute approximate surface area is 95.7 Å². The van der Waals surface area contributed by atoms with E-state index in [0.29, 0.717) is 11.4 Å². The number of amides is 1. The van der Waals surface area contributed by atoms with Gasteiger partial charge >= 0.3 is 0 Å². The lowest BCUT2D eigenvalue weighted by molar-refractivity contribution is -0.114. The van der Waals surface area contributed by atoms with Crippen LogP contribution >= 0.6 is 0 Å². The van der Waals surface area contributed by atoms with Gasteiger partial charge in [-0.1, -0.05) is 20.3 Å². The van der Waals surface area contributed by atoms with Crippen LogP contribution in [-0.2, 0) is 17.6 Å². The molecule has 0 atom stereocenters. The third kappa shape index (κ3) is 2.43. The summed E-state index contributed by atoms with van der Waals surface area (Å²) in [4.78, 5) is 14.1. The van der Waals surface area contributed by atoms with Crippen molar-refractivity contribution in [2.75, 3.05) is 5.32 Å². The van der Waals surface area contributed by atoms with Crippen LogP contribution in [0, 0.1) is 11.3 Å². The second-order valence-electron chi connectivity index (χ2n) is 3.73. The van der Waals surface area contributed by atoms with E-state index >= 15 is 0 Å². The lowest BCUT2D eigenvalue weighted by Gasteiger charge is -1.99. The maximum absolute atomic E-state index is 11.0. The molecule has 0 aliphatic carbocycles. The molecule has 1 heterocycles. The first-order valence-electron chi connectivity index (χ1n) is 5.55. The van der Waals surface area contributed by atoms with Crippen LogP contribution in [0.1, 0.15) is 44.0 Å². The smallest absolute Gasteiger partial charge is 0.222 e. The van der Waals surface area contributed by atoms with E-state index < -0.39 is 0 Å². The summed E-state index contributed by atoms with van der Waals surface area (Å²) >= 11 is 0. The summed E-state index contributed by atoms with van der Waals surface area (Å²) in [6, 6.07) is 2.16. The van der Waals surface area contributed by atoms with Gasteiger partial charge in [0.2, 0.25) is 5.91 Å². The monoisotopic (exact) mass is 219 g/mol. The summed E-state index contributed by atoms with van der Waals surface area (Å²) in [5.74, 6) is 0.374. The van der Waals surface area contributed by atoms with Crippen molar-refractivity contribution in [3.8, 4) is 6.07 Å². The molecule has 0 radical (unpaired) electrons. The lowest BCUT2D eigenvalue weighted by Crippen LogP contribution is -2.07. The fourth-order valence-corrected chi connectivity index (χ4v) is 1.81. The molecule has 0 fully saturated rings. The van der Waals surface area contributed by atoms with E-state index in [1.54, 1.807) is 0 Å². The number of nitriles is 1. The van der Waals surface area contributed by atoms with Gasteiger partial charge in [-0.15, -0.1) is 0 Å². The van der Waals surface area contributed by atoms with E-state index in [1.165, 1.54) is 6.92 Å². The Kier molecular flexibility index (Phi) is 4.12. The highest BCUT2D eigenvalue weighted by Gasteiger charge is 2.16. The van der Waals surface area contributed by atoms with E-state index in [-0.39, 0.29) is 5.91 Å². The average molecular weight is 219 g/mol. The van der Waals surface area contributed by atoms with E-state index in [1.807, 2.05) is 6.92 Å². The summed E-state index contributed by atoms with van der Waals surface area (Å²) in [5, 5.41) is 11.8. The Hall–Kier alpha value is -1.76. The van der Waals surface area contributed by atoms with Crippen LogP contribution in [0.2, 0.25) is 0 Å². The van der Waals surface area contributed by atoms with Crippen molar-refractivity contribution in [1.82, 2.24) is 4.98 Å². The number of H-pyrrole nitrogens is 1. The van der Waals surface area contributed by atoms with Crippen LogP contribution in [0.25, 0.3) is 0 Å². The third-order valence-electron chi connectivity index (χ3n) is 2.46. The molecule has 4 heteroatoms. The largest absolute Gasteiger partial charge is 0.344 e. The van der Waals surface area contributed by atoms with Gasteiger partial charge < -0.3 is 10.3 Å². The minimum Gasteiger partial charge on any atom is -0.344 e. The standard InChI is InChI=1S/C12H17N3O/c1-4-6-9-10(7-13)12(14-8(3)16)15-11(9)5-2/h15H,4-6H2,1-3H3,(H,14,16). The molecule has 0 unspecified atom stereocenters. The zero-order valence-electron chi connectivity index (χ0n) is 9.98. The molecule has 0 spiro atoms. The second-order valence-corrected chi connectivity index (χ2v) is 3.73. The highest BCUT2D eigenvalue weighted by molar-refractivity contribution is 5.89. The van der Waals surface area contributed by atoms with Crippen LogP contribution in [0.3, 0.4) is 0 Å². The highest BCUT2D eigenvalue weighted by atomic mass is 16.1. The molecule has 0 aliphatic rings. The van der Waals surface area contributed by atoms with Gasteiger partial charge in [-0.25, -0.2) is 0 Å². The summed E-state index contributed by atoms with van der Waals surface area (Å²) in [6.45, 7) is 5.54. The second kappa shape index (κ2) is 5.36. The molecule has 4 nitrogen and oxygen atoms in total. The summed E-state index contributed by atoms with van der Waals surface area (Å²) in [7, 11) is 0. The van der Waals surface area contributed by atoms with Crippen LogP contribution in [-0.4, -0.2) is 10.9 Å². The quantitative estimate of drug-likeness (QED) is 0.816. The van der Waals surface area contributed by atoms with E-state index in [9.17, 15) is 4.79 Å². The van der Waals surface area contributed by atoms with Gasteiger partial charge in [-0.3, -0.25) is 4.79 Å². The van der Waals surface area contributed by atoms with Gasteiger partial charge in [-0.05, 0) is 18.4 Å². The molecule has 1 aromatic heterocycles. The molecule has 86 valence electrons. The molecule has 0 aliphatic heterocycles. The molecular formula is C12H17N3O. The normalized spacial score (nSPS) is 9.88. The SMILES string of the molecule is CCCc1c(CC)[nH]c(NC(C)=O)c1C#N. The summed E-state index contributed by atoms with van der Waals surface area (Å²) in [6.07, 6.45) is 2.69. The van der Waals surface area contributed by atoms with Gasteiger partial charge in [0.25, 0.3) is 0 Å². The number of carbonyl (C=O) groups excluding carboxylic acids is 1. The van der Waals surface area contributed by atoms with Crippen molar-refractivity contribution in [2.24, 2.45) is 0 Å². The summed E-state index contributed by atoms with van der Waals surface area (Å²) in [5.41, 5.74) is 2.66. The number of aromatic nitrogens is 1. The summed E-state index contributed by atoms with van der Waals surface area (Å²) < 4.78 is 0. The molecule has 2 N–H and O–H groups in total. The van der Waals surface area contributed by atoms with Crippen LogP contribution < -0.4 is 5.32 Å². The molecule has 0 saturated carbocycles. The number of nitrogens with zero attached hydrogens (tertiary/aromatic N) is 1. The lowest BCUT2D eigenvalue weighted by atomic mass is 10.0. The number of anilines is 1. The first-order chi connectivity index (χ1) is 7.63. The Bertz CT molecular complexity index is 426. The molecule has 1 aromatic rings. The number of rotatable bonds is 4. The van der Waals surface area contributed by atoms with Gasteiger partial charge in [0.05, 0.1) is 5.56 Å². The van der Waals surface area contributed by atoms with E-state index in [4.69, 9.17) is 5.26 Å². The average Bonchev–Trinajstić information content (AvgIpc) is 2.55. The Morgan fingerprint density at radius 3 is 2.62 bits per heavy atom. The topological polar surface area (TPSA) is 68.7 Å². The Morgan fingerprint density at radius 2 is 2.19 bits per heavy atom. The predicted molar refractivity (Wildman–Crippen MR) is 63.2 cm³/mol. The van der Waals surface area contributed by atoms with Crippen LogP contribution in [0.5, 0.6) is 0 Å². The number of hydrogen-bond acceptors (Lipinski definition) is 2. The molecular weight excluding hydrogens is 202 g/mol. The molecule has 0 saturated heterocycles. The van der Waals surface area contributed by atoms with Gasteiger partial charge in [0, 0.05) is 12.6 Å². The van der Waals surface area contributed by atoms with Crippen molar-refractivity contribution in [3.63, 3.8) is 0 Å². The van der Waals surface area contributed by atoms with Crippen molar-refractivity contribution < 1.29 is 4.79 Å². The first-order valence-corrected chi connectivity index (χ1v) is 5.55. The van der Waals surface area contributed by atoms with Crippen LogP contribution in [0.4, 0.5) is 5.82 Å². The third-order valence-corrected chi connectivity index (χ3v) is 2.46. The molecule has 16 heavy (non-hydrogen) atoms. The fraction of sp³-hybridized carbons (Fsp3) is 0.500. The van der Waals surface area contributed by atoms with Gasteiger partial charge in [0.15, 0.2) is 0 Å². The number of hydrogen-bond donors (Lipinski definition) is 2.